The van der Waals surface area contributed by atoms with Gasteiger partial charge >= 0.3 is 0 Å². The topological polar surface area (TPSA) is 77.3 Å². The molecular weight excluding hydrogens is 287 g/mol. The summed E-state index contributed by atoms with van der Waals surface area (Å²) in [5, 5.41) is 0.546. The minimum atomic E-state index is -0.235. The Kier molecular flexibility index (Phi) is 5.26. The molecule has 0 aliphatic rings. The number of nitrogens with two attached hydrogens (primary N) is 2. The van der Waals surface area contributed by atoms with Crippen LogP contribution >= 0.6 is 23.7 Å². The lowest BCUT2D eigenvalue weighted by Crippen LogP contribution is -2.21. The van der Waals surface area contributed by atoms with Gasteiger partial charge in [0.25, 0.3) is 0 Å². The van der Waals surface area contributed by atoms with E-state index < -0.39 is 0 Å². The van der Waals surface area contributed by atoms with Gasteiger partial charge in [0.1, 0.15) is 5.82 Å². The van der Waals surface area contributed by atoms with Crippen LogP contribution < -0.4 is 11.5 Å². The first-order chi connectivity index (χ1) is 8.54. The van der Waals surface area contributed by atoms with Gasteiger partial charge in [-0.1, -0.05) is 23.5 Å². The Bertz CT molecular complexity index is 576. The van der Waals surface area contributed by atoms with Crippen molar-refractivity contribution in [2.24, 2.45) is 16.5 Å². The predicted molar refractivity (Wildman–Crippen MR) is 78.8 cm³/mol. The molecule has 4 N–H and O–H groups in total. The highest BCUT2D eigenvalue weighted by Gasteiger charge is 2.08. The van der Waals surface area contributed by atoms with Crippen molar-refractivity contribution in [1.82, 2.24) is 4.98 Å². The summed E-state index contributed by atoms with van der Waals surface area (Å²) in [5.41, 5.74) is 12.5. The standard InChI is InChI=1S/C12H13FN4S.ClH/c1-7-10(18-12(16-7)17-11(14)15)6-8-2-4-9(13)5-3-8;/h2-5H,6H2,1H3,(H4,14,15,16,17);1H. The van der Waals surface area contributed by atoms with E-state index in [2.05, 4.69) is 9.98 Å². The van der Waals surface area contributed by atoms with Gasteiger partial charge in [-0.25, -0.2) is 9.37 Å². The molecule has 2 aromatic rings. The number of rotatable bonds is 3. The highest BCUT2D eigenvalue weighted by Crippen LogP contribution is 2.27. The van der Waals surface area contributed by atoms with E-state index in [1.807, 2.05) is 6.92 Å². The molecular formula is C12H14ClFN4S. The fourth-order valence-electron chi connectivity index (χ4n) is 1.52. The van der Waals surface area contributed by atoms with Crippen molar-refractivity contribution in [3.05, 3.63) is 46.2 Å². The van der Waals surface area contributed by atoms with Crippen LogP contribution in [0.15, 0.2) is 29.3 Å². The number of halogens is 2. The SMILES string of the molecule is Cc1nc(N=C(N)N)sc1Cc1ccc(F)cc1.Cl. The molecule has 2 rings (SSSR count). The summed E-state index contributed by atoms with van der Waals surface area (Å²) in [6.07, 6.45) is 0.698. The Labute approximate surface area is 120 Å². The zero-order chi connectivity index (χ0) is 13.1. The summed E-state index contributed by atoms with van der Waals surface area (Å²) in [7, 11) is 0. The number of thiazole rings is 1. The second kappa shape index (κ2) is 6.49. The van der Waals surface area contributed by atoms with Gasteiger partial charge in [-0.15, -0.1) is 12.4 Å². The van der Waals surface area contributed by atoms with E-state index in [9.17, 15) is 4.39 Å². The van der Waals surface area contributed by atoms with Crippen molar-refractivity contribution in [3.63, 3.8) is 0 Å². The number of aliphatic imine (C=N–C) groups is 1. The molecule has 0 unspecified atom stereocenters. The van der Waals surface area contributed by atoms with E-state index in [0.29, 0.717) is 11.6 Å². The van der Waals surface area contributed by atoms with Gasteiger partial charge in [0.05, 0.1) is 5.69 Å². The van der Waals surface area contributed by atoms with Gasteiger partial charge in [0, 0.05) is 11.3 Å². The van der Waals surface area contributed by atoms with Crippen molar-refractivity contribution in [3.8, 4) is 0 Å². The number of guanidine groups is 1. The molecule has 0 saturated carbocycles. The summed E-state index contributed by atoms with van der Waals surface area (Å²) in [4.78, 5) is 9.25. The highest BCUT2D eigenvalue weighted by atomic mass is 35.5. The van der Waals surface area contributed by atoms with Crippen LogP contribution in [0.5, 0.6) is 0 Å². The number of aromatic nitrogens is 1. The molecule has 1 aromatic heterocycles. The van der Waals surface area contributed by atoms with E-state index in [0.717, 1.165) is 16.1 Å². The van der Waals surface area contributed by atoms with Crippen LogP contribution in [-0.2, 0) is 6.42 Å². The lowest BCUT2D eigenvalue weighted by atomic mass is 10.1. The van der Waals surface area contributed by atoms with Crippen LogP contribution in [0.1, 0.15) is 16.1 Å². The van der Waals surface area contributed by atoms with E-state index in [4.69, 9.17) is 11.5 Å². The maximum Gasteiger partial charge on any atom is 0.212 e. The third-order valence-electron chi connectivity index (χ3n) is 2.38. The molecule has 0 radical (unpaired) electrons. The van der Waals surface area contributed by atoms with Gasteiger partial charge in [0.2, 0.25) is 5.13 Å². The molecule has 0 spiro atoms. The Morgan fingerprint density at radius 2 is 1.95 bits per heavy atom. The molecule has 1 heterocycles. The molecule has 1 aromatic carbocycles. The normalized spacial score (nSPS) is 9.79. The molecule has 0 saturated heterocycles. The average Bonchev–Trinajstić information content (AvgIpc) is 2.61. The molecule has 0 aliphatic carbocycles. The van der Waals surface area contributed by atoms with Crippen LogP contribution in [0.25, 0.3) is 0 Å². The largest absolute Gasteiger partial charge is 0.370 e. The maximum atomic E-state index is 12.8. The van der Waals surface area contributed by atoms with E-state index in [1.165, 1.54) is 23.5 Å². The number of benzene rings is 1. The summed E-state index contributed by atoms with van der Waals surface area (Å²) in [6, 6.07) is 6.41. The number of hydrogen-bond acceptors (Lipinski definition) is 3. The predicted octanol–water partition coefficient (Wildman–Crippen LogP) is 2.51. The molecule has 102 valence electrons. The first-order valence-electron chi connectivity index (χ1n) is 5.35. The molecule has 19 heavy (non-hydrogen) atoms. The lowest BCUT2D eigenvalue weighted by molar-refractivity contribution is 0.627. The quantitative estimate of drug-likeness (QED) is 0.675. The third-order valence-corrected chi connectivity index (χ3v) is 3.44. The maximum absolute atomic E-state index is 12.8. The lowest BCUT2D eigenvalue weighted by Gasteiger charge is -1.99. The fourth-order valence-corrected chi connectivity index (χ4v) is 2.51. The van der Waals surface area contributed by atoms with E-state index in [1.54, 1.807) is 12.1 Å². The van der Waals surface area contributed by atoms with Crippen molar-refractivity contribution in [1.29, 1.82) is 0 Å². The summed E-state index contributed by atoms with van der Waals surface area (Å²) in [5.74, 6) is -0.238. The number of nitrogens with zero attached hydrogens (tertiary/aromatic N) is 2. The Hall–Kier alpha value is -1.66. The van der Waals surface area contributed by atoms with Gasteiger partial charge in [-0.05, 0) is 24.6 Å². The summed E-state index contributed by atoms with van der Waals surface area (Å²) >= 11 is 1.43. The van der Waals surface area contributed by atoms with Crippen molar-refractivity contribution < 1.29 is 4.39 Å². The van der Waals surface area contributed by atoms with Gasteiger partial charge in [-0.2, -0.15) is 4.99 Å². The first-order valence-corrected chi connectivity index (χ1v) is 6.16. The monoisotopic (exact) mass is 300 g/mol. The molecule has 4 nitrogen and oxygen atoms in total. The van der Waals surface area contributed by atoms with Crippen LogP contribution in [0.4, 0.5) is 9.52 Å². The Balaban J connectivity index is 0.00000180. The third kappa shape index (κ3) is 4.18. The summed E-state index contributed by atoms with van der Waals surface area (Å²) in [6.45, 7) is 1.90. The second-order valence-electron chi connectivity index (χ2n) is 3.84. The number of hydrogen-bond donors (Lipinski definition) is 2. The van der Waals surface area contributed by atoms with Crippen molar-refractivity contribution in [2.75, 3.05) is 0 Å². The average molecular weight is 301 g/mol. The molecule has 0 bridgehead atoms. The molecule has 0 atom stereocenters. The van der Waals surface area contributed by atoms with Gasteiger partial charge < -0.3 is 11.5 Å². The Morgan fingerprint density at radius 3 is 2.53 bits per heavy atom. The molecule has 0 aliphatic heterocycles. The zero-order valence-electron chi connectivity index (χ0n) is 10.3. The highest BCUT2D eigenvalue weighted by molar-refractivity contribution is 7.15. The molecule has 0 fully saturated rings. The smallest absolute Gasteiger partial charge is 0.212 e. The van der Waals surface area contributed by atoms with Gasteiger partial charge in [0.15, 0.2) is 5.96 Å². The van der Waals surface area contributed by atoms with E-state index >= 15 is 0 Å². The second-order valence-corrected chi connectivity index (χ2v) is 4.91. The first kappa shape index (κ1) is 15.4. The van der Waals surface area contributed by atoms with Crippen LogP contribution in [-0.4, -0.2) is 10.9 Å². The zero-order valence-corrected chi connectivity index (χ0v) is 11.9. The van der Waals surface area contributed by atoms with Gasteiger partial charge in [-0.3, -0.25) is 0 Å². The Morgan fingerprint density at radius 1 is 1.32 bits per heavy atom. The van der Waals surface area contributed by atoms with Crippen molar-refractivity contribution >= 4 is 34.8 Å². The van der Waals surface area contributed by atoms with Crippen LogP contribution in [0.2, 0.25) is 0 Å². The summed E-state index contributed by atoms with van der Waals surface area (Å²) < 4.78 is 12.8. The molecule has 0 amide bonds. The minimum Gasteiger partial charge on any atom is -0.370 e. The van der Waals surface area contributed by atoms with E-state index in [-0.39, 0.29) is 24.2 Å². The fraction of sp³-hybridized carbons (Fsp3) is 0.167. The van der Waals surface area contributed by atoms with Crippen LogP contribution in [0.3, 0.4) is 0 Å². The molecule has 7 heteroatoms. The number of aryl methyl sites for hydroxylation is 1. The van der Waals surface area contributed by atoms with Crippen LogP contribution in [0, 0.1) is 12.7 Å². The minimum absolute atomic E-state index is 0. The van der Waals surface area contributed by atoms with Crippen molar-refractivity contribution in [2.45, 2.75) is 13.3 Å².